The molecule has 0 spiro atoms. The van der Waals surface area contributed by atoms with Gasteiger partial charge in [-0.15, -0.1) is 21.5 Å². The van der Waals surface area contributed by atoms with Gasteiger partial charge in [0.25, 0.3) is 0 Å². The summed E-state index contributed by atoms with van der Waals surface area (Å²) in [7, 11) is 0. The topological polar surface area (TPSA) is 59.8 Å². The largest absolute Gasteiger partial charge is 0.352 e. The van der Waals surface area contributed by atoms with E-state index in [2.05, 4.69) is 37.6 Å². The molecule has 0 bridgehead atoms. The van der Waals surface area contributed by atoms with E-state index in [0.717, 1.165) is 30.2 Å². The molecule has 5 nitrogen and oxygen atoms in total. The summed E-state index contributed by atoms with van der Waals surface area (Å²) in [6, 6.07) is 5.09. The number of carbonyl (C=O) groups excluding carboxylic acids is 1. The fourth-order valence-corrected chi connectivity index (χ4v) is 5.03. The van der Waals surface area contributed by atoms with Crippen molar-refractivity contribution in [2.45, 2.75) is 74.4 Å². The van der Waals surface area contributed by atoms with Gasteiger partial charge < -0.3 is 9.88 Å². The second kappa shape index (κ2) is 7.50. The second-order valence-electron chi connectivity index (χ2n) is 7.01. The van der Waals surface area contributed by atoms with Gasteiger partial charge in [-0.05, 0) is 44.1 Å². The predicted octanol–water partition coefficient (Wildman–Crippen LogP) is 3.80. The van der Waals surface area contributed by atoms with Gasteiger partial charge in [0.1, 0.15) is 5.82 Å². The van der Waals surface area contributed by atoms with Gasteiger partial charge in [0.05, 0.1) is 5.25 Å². The Balaban J connectivity index is 1.44. The van der Waals surface area contributed by atoms with Crippen LogP contribution >= 0.6 is 23.1 Å². The molecule has 2 aliphatic carbocycles. The summed E-state index contributed by atoms with van der Waals surface area (Å²) in [6.07, 6.45) is 7.89. The molecule has 7 heteroatoms. The monoisotopic (exact) mass is 376 g/mol. The lowest BCUT2D eigenvalue weighted by Gasteiger charge is -2.16. The van der Waals surface area contributed by atoms with E-state index < -0.39 is 0 Å². The van der Waals surface area contributed by atoms with E-state index in [9.17, 15) is 4.79 Å². The molecule has 1 atom stereocenters. The van der Waals surface area contributed by atoms with E-state index in [1.54, 1.807) is 23.1 Å². The van der Waals surface area contributed by atoms with Gasteiger partial charge in [0.15, 0.2) is 5.16 Å². The molecule has 0 radical (unpaired) electrons. The van der Waals surface area contributed by atoms with E-state index in [0.29, 0.717) is 12.1 Å². The van der Waals surface area contributed by atoms with Crippen molar-refractivity contribution >= 4 is 29.0 Å². The van der Waals surface area contributed by atoms with Gasteiger partial charge in [-0.1, -0.05) is 30.7 Å². The Kier molecular flexibility index (Phi) is 5.12. The minimum atomic E-state index is -0.142. The number of rotatable bonds is 7. The first-order chi connectivity index (χ1) is 12.2. The van der Waals surface area contributed by atoms with E-state index in [4.69, 9.17) is 0 Å². The maximum Gasteiger partial charge on any atom is 0.233 e. The number of thioether (sulfide) groups is 1. The van der Waals surface area contributed by atoms with Gasteiger partial charge in [0, 0.05) is 23.4 Å². The quantitative estimate of drug-likeness (QED) is 0.747. The lowest BCUT2D eigenvalue weighted by Crippen LogP contribution is -2.37. The van der Waals surface area contributed by atoms with Crippen LogP contribution in [0.4, 0.5) is 0 Å². The number of carbonyl (C=O) groups is 1. The number of hydrogen-bond donors (Lipinski definition) is 1. The van der Waals surface area contributed by atoms with Gasteiger partial charge in [0.2, 0.25) is 5.91 Å². The van der Waals surface area contributed by atoms with Crippen LogP contribution in [0, 0.1) is 0 Å². The molecule has 2 aromatic rings. The second-order valence-corrected chi connectivity index (χ2v) is 9.35. The molecule has 2 fully saturated rings. The Labute approximate surface area is 156 Å². The summed E-state index contributed by atoms with van der Waals surface area (Å²) in [5, 5.41) is 14.9. The summed E-state index contributed by atoms with van der Waals surface area (Å²) >= 11 is 3.30. The normalized spacial score (nSPS) is 19.2. The highest BCUT2D eigenvalue weighted by Crippen LogP contribution is 2.40. The molecule has 2 aromatic heterocycles. The Morgan fingerprint density at radius 1 is 1.36 bits per heavy atom. The number of nitrogens with zero attached hydrogens (tertiary/aromatic N) is 3. The van der Waals surface area contributed by atoms with Crippen LogP contribution in [0.15, 0.2) is 22.7 Å². The van der Waals surface area contributed by atoms with E-state index in [-0.39, 0.29) is 11.2 Å². The molecule has 2 heterocycles. The van der Waals surface area contributed by atoms with Crippen molar-refractivity contribution in [3.05, 3.63) is 28.2 Å². The number of thiophene rings is 1. The zero-order valence-corrected chi connectivity index (χ0v) is 16.1. The number of aromatic nitrogens is 3. The third kappa shape index (κ3) is 4.08. The SMILES string of the molecule is C[C@@H](Sc1nnc(Cc2cccs2)n1C1CC1)C(=O)NC1CCCC1. The molecule has 2 saturated carbocycles. The number of nitrogens with one attached hydrogen (secondary N) is 1. The first-order valence-corrected chi connectivity index (χ1v) is 10.9. The van der Waals surface area contributed by atoms with Crippen molar-refractivity contribution in [3.63, 3.8) is 0 Å². The molecule has 0 unspecified atom stereocenters. The van der Waals surface area contributed by atoms with Gasteiger partial charge in [-0.25, -0.2) is 0 Å². The Morgan fingerprint density at radius 2 is 2.16 bits per heavy atom. The van der Waals surface area contributed by atoms with Crippen molar-refractivity contribution < 1.29 is 4.79 Å². The van der Waals surface area contributed by atoms with Crippen LogP contribution in [0.2, 0.25) is 0 Å². The van der Waals surface area contributed by atoms with Crippen molar-refractivity contribution in [3.8, 4) is 0 Å². The summed E-state index contributed by atoms with van der Waals surface area (Å²) in [6.45, 7) is 1.97. The van der Waals surface area contributed by atoms with Crippen LogP contribution in [-0.4, -0.2) is 32.0 Å². The molecular formula is C18H24N4OS2. The third-order valence-electron chi connectivity index (χ3n) is 4.91. The Hall–Kier alpha value is -1.34. The van der Waals surface area contributed by atoms with Crippen LogP contribution in [0.5, 0.6) is 0 Å². The first kappa shape index (κ1) is 17.1. The van der Waals surface area contributed by atoms with Crippen LogP contribution in [-0.2, 0) is 11.2 Å². The maximum atomic E-state index is 12.5. The lowest BCUT2D eigenvalue weighted by molar-refractivity contribution is -0.120. The summed E-state index contributed by atoms with van der Waals surface area (Å²) in [4.78, 5) is 13.8. The standard InChI is InChI=1S/C18H24N4OS2/c1-12(17(23)19-13-5-2-3-6-13)25-18-21-20-16(22(18)14-8-9-14)11-15-7-4-10-24-15/h4,7,10,12-14H,2-3,5-6,8-9,11H2,1H3,(H,19,23)/t12-/m1/s1. The van der Waals surface area contributed by atoms with E-state index in [1.807, 2.05) is 6.92 Å². The molecule has 0 saturated heterocycles. The molecule has 134 valence electrons. The van der Waals surface area contributed by atoms with Crippen molar-refractivity contribution in [1.82, 2.24) is 20.1 Å². The smallest absolute Gasteiger partial charge is 0.233 e. The molecule has 1 N–H and O–H groups in total. The Morgan fingerprint density at radius 3 is 2.84 bits per heavy atom. The van der Waals surface area contributed by atoms with Crippen molar-refractivity contribution in [1.29, 1.82) is 0 Å². The van der Waals surface area contributed by atoms with Gasteiger partial charge in [-0.3, -0.25) is 4.79 Å². The minimum Gasteiger partial charge on any atom is -0.352 e. The van der Waals surface area contributed by atoms with Crippen LogP contribution in [0.1, 0.15) is 62.2 Å². The van der Waals surface area contributed by atoms with Gasteiger partial charge in [-0.2, -0.15) is 0 Å². The molecule has 0 aromatic carbocycles. The van der Waals surface area contributed by atoms with Gasteiger partial charge >= 0.3 is 0 Å². The lowest BCUT2D eigenvalue weighted by atomic mass is 10.2. The number of hydrogen-bond acceptors (Lipinski definition) is 5. The van der Waals surface area contributed by atoms with E-state index in [1.165, 1.54) is 30.6 Å². The first-order valence-electron chi connectivity index (χ1n) is 9.14. The van der Waals surface area contributed by atoms with Crippen molar-refractivity contribution in [2.75, 3.05) is 0 Å². The summed E-state index contributed by atoms with van der Waals surface area (Å²) < 4.78 is 2.27. The zero-order chi connectivity index (χ0) is 17.2. The highest BCUT2D eigenvalue weighted by Gasteiger charge is 2.31. The molecular weight excluding hydrogens is 352 g/mol. The average Bonchev–Trinajstić information content (AvgIpc) is 3.01. The fraction of sp³-hybridized carbons (Fsp3) is 0.611. The maximum absolute atomic E-state index is 12.5. The Bertz CT molecular complexity index is 718. The molecule has 4 rings (SSSR count). The predicted molar refractivity (Wildman–Crippen MR) is 101 cm³/mol. The third-order valence-corrected chi connectivity index (χ3v) is 6.85. The number of amides is 1. The summed E-state index contributed by atoms with van der Waals surface area (Å²) in [5.41, 5.74) is 0. The molecule has 1 amide bonds. The zero-order valence-electron chi connectivity index (χ0n) is 14.5. The van der Waals surface area contributed by atoms with Crippen LogP contribution < -0.4 is 5.32 Å². The molecule has 0 aliphatic heterocycles. The minimum absolute atomic E-state index is 0.127. The molecule has 25 heavy (non-hydrogen) atoms. The highest BCUT2D eigenvalue weighted by molar-refractivity contribution is 8.00. The average molecular weight is 377 g/mol. The van der Waals surface area contributed by atoms with Crippen LogP contribution in [0.25, 0.3) is 0 Å². The van der Waals surface area contributed by atoms with E-state index >= 15 is 0 Å². The van der Waals surface area contributed by atoms with Crippen molar-refractivity contribution in [2.24, 2.45) is 0 Å². The summed E-state index contributed by atoms with van der Waals surface area (Å²) in [5.74, 6) is 1.15. The molecule has 2 aliphatic rings. The fourth-order valence-electron chi connectivity index (χ4n) is 3.38. The van der Waals surface area contributed by atoms with Crippen LogP contribution in [0.3, 0.4) is 0 Å². The highest BCUT2D eigenvalue weighted by atomic mass is 32.2.